The van der Waals surface area contributed by atoms with Gasteiger partial charge in [0.15, 0.2) is 0 Å². The standard InChI is InChI=1S/C16H13ClFN5O4/c17-13-7-12(23(26)27)5-6-14(13)21-16(25)19-9-15(24)22-20-8-10-1-3-11(18)4-2-10/h1-8H,9H2,(H,22,24)(H2,19,21,25)/b20-8-. The molecule has 0 heterocycles. The number of nitrogens with zero attached hydrogens (tertiary/aromatic N) is 2. The molecule has 2 aromatic carbocycles. The van der Waals surface area contributed by atoms with Crippen LogP contribution in [0.2, 0.25) is 5.02 Å². The van der Waals surface area contributed by atoms with Crippen molar-refractivity contribution in [3.63, 3.8) is 0 Å². The Labute approximate surface area is 157 Å². The van der Waals surface area contributed by atoms with Crippen molar-refractivity contribution >= 4 is 41.1 Å². The van der Waals surface area contributed by atoms with Gasteiger partial charge in [-0.05, 0) is 23.8 Å². The summed E-state index contributed by atoms with van der Waals surface area (Å²) in [6.45, 7) is -0.378. The molecular weight excluding hydrogens is 381 g/mol. The quantitative estimate of drug-likeness (QED) is 0.396. The van der Waals surface area contributed by atoms with Crippen molar-refractivity contribution in [3.05, 3.63) is 69.0 Å². The highest BCUT2D eigenvalue weighted by Gasteiger charge is 2.12. The molecular formula is C16H13ClFN5O4. The van der Waals surface area contributed by atoms with Crippen LogP contribution >= 0.6 is 11.6 Å². The van der Waals surface area contributed by atoms with Crippen LogP contribution in [0.4, 0.5) is 20.6 Å². The van der Waals surface area contributed by atoms with Crippen molar-refractivity contribution in [2.45, 2.75) is 0 Å². The summed E-state index contributed by atoms with van der Waals surface area (Å²) in [5.74, 6) is -0.988. The number of benzene rings is 2. The second-order valence-electron chi connectivity index (χ2n) is 5.07. The van der Waals surface area contributed by atoms with Crippen LogP contribution in [0.25, 0.3) is 0 Å². The molecule has 0 aromatic heterocycles. The number of urea groups is 1. The van der Waals surface area contributed by atoms with Crippen molar-refractivity contribution < 1.29 is 18.9 Å². The average molecular weight is 394 g/mol. The highest BCUT2D eigenvalue weighted by molar-refractivity contribution is 6.33. The van der Waals surface area contributed by atoms with E-state index in [1.165, 1.54) is 42.6 Å². The lowest BCUT2D eigenvalue weighted by atomic mass is 10.2. The Morgan fingerprint density at radius 2 is 1.93 bits per heavy atom. The molecule has 27 heavy (non-hydrogen) atoms. The minimum atomic E-state index is -0.733. The molecule has 3 amide bonds. The second-order valence-corrected chi connectivity index (χ2v) is 5.48. The first kappa shape index (κ1) is 19.8. The largest absolute Gasteiger partial charge is 0.329 e. The predicted octanol–water partition coefficient (Wildman–Crippen LogP) is 2.66. The summed E-state index contributed by atoms with van der Waals surface area (Å²) in [6, 6.07) is 8.26. The first-order valence-electron chi connectivity index (χ1n) is 7.41. The van der Waals surface area contributed by atoms with E-state index in [9.17, 15) is 24.1 Å². The number of rotatable bonds is 6. The minimum Gasteiger partial charge on any atom is -0.329 e. The van der Waals surface area contributed by atoms with Gasteiger partial charge in [0.05, 0.1) is 21.8 Å². The molecule has 9 nitrogen and oxygen atoms in total. The van der Waals surface area contributed by atoms with Crippen LogP contribution < -0.4 is 16.1 Å². The summed E-state index contributed by atoms with van der Waals surface area (Å²) in [7, 11) is 0. The molecule has 0 bridgehead atoms. The SMILES string of the molecule is O=C(CNC(=O)Nc1ccc([N+](=O)[O-])cc1Cl)N/N=C\c1ccc(F)cc1. The first-order valence-corrected chi connectivity index (χ1v) is 7.79. The topological polar surface area (TPSA) is 126 Å². The second kappa shape index (κ2) is 9.25. The van der Waals surface area contributed by atoms with Crippen LogP contribution in [0, 0.1) is 15.9 Å². The Balaban J connectivity index is 1.78. The highest BCUT2D eigenvalue weighted by atomic mass is 35.5. The molecule has 3 N–H and O–H groups in total. The number of hydrazone groups is 1. The number of carbonyl (C=O) groups excluding carboxylic acids is 2. The Morgan fingerprint density at radius 1 is 1.22 bits per heavy atom. The summed E-state index contributed by atoms with van der Waals surface area (Å²) < 4.78 is 12.8. The van der Waals surface area contributed by atoms with Crippen LogP contribution in [0.3, 0.4) is 0 Å². The van der Waals surface area contributed by atoms with Crippen molar-refractivity contribution in [3.8, 4) is 0 Å². The molecule has 0 aliphatic heterocycles. The van der Waals surface area contributed by atoms with E-state index in [2.05, 4.69) is 21.2 Å². The van der Waals surface area contributed by atoms with Crippen molar-refractivity contribution in [2.75, 3.05) is 11.9 Å². The lowest BCUT2D eigenvalue weighted by Gasteiger charge is -2.08. The van der Waals surface area contributed by atoms with Gasteiger partial charge in [0.25, 0.3) is 11.6 Å². The molecule has 0 saturated carbocycles. The van der Waals surface area contributed by atoms with Crippen LogP contribution in [0.5, 0.6) is 0 Å². The van der Waals surface area contributed by atoms with Crippen LogP contribution in [-0.2, 0) is 4.79 Å². The van der Waals surface area contributed by atoms with Gasteiger partial charge in [0.1, 0.15) is 12.4 Å². The van der Waals surface area contributed by atoms with E-state index in [0.717, 1.165) is 6.07 Å². The summed E-state index contributed by atoms with van der Waals surface area (Å²) >= 11 is 5.85. The number of non-ortho nitro benzene ring substituents is 1. The summed E-state index contributed by atoms with van der Waals surface area (Å²) in [6.07, 6.45) is 1.31. The van der Waals surface area contributed by atoms with Crippen molar-refractivity contribution in [1.82, 2.24) is 10.7 Å². The van der Waals surface area contributed by atoms with E-state index in [-0.39, 0.29) is 28.8 Å². The first-order chi connectivity index (χ1) is 12.8. The van der Waals surface area contributed by atoms with Gasteiger partial charge in [-0.1, -0.05) is 23.7 Å². The number of halogens is 2. The van der Waals surface area contributed by atoms with E-state index in [1.807, 2.05) is 0 Å². The van der Waals surface area contributed by atoms with Crippen LogP contribution in [-0.4, -0.2) is 29.6 Å². The fraction of sp³-hybridized carbons (Fsp3) is 0.0625. The van der Waals surface area contributed by atoms with Gasteiger partial charge in [0.2, 0.25) is 0 Å². The number of carbonyl (C=O) groups is 2. The number of nitro benzene ring substituents is 1. The zero-order valence-electron chi connectivity index (χ0n) is 13.6. The van der Waals surface area contributed by atoms with Gasteiger partial charge in [-0.2, -0.15) is 5.10 Å². The Kier molecular flexibility index (Phi) is 6.78. The molecule has 0 atom stereocenters. The lowest BCUT2D eigenvalue weighted by molar-refractivity contribution is -0.384. The molecule has 0 saturated heterocycles. The molecule has 0 spiro atoms. The third-order valence-electron chi connectivity index (χ3n) is 3.09. The van der Waals surface area contributed by atoms with E-state index < -0.39 is 16.9 Å². The van der Waals surface area contributed by atoms with Crippen molar-refractivity contribution in [1.29, 1.82) is 0 Å². The van der Waals surface area contributed by atoms with E-state index in [0.29, 0.717) is 5.56 Å². The molecule has 0 unspecified atom stereocenters. The molecule has 0 aliphatic carbocycles. The molecule has 2 rings (SSSR count). The molecule has 140 valence electrons. The Hall–Kier alpha value is -3.53. The van der Waals surface area contributed by atoms with Gasteiger partial charge < -0.3 is 10.6 Å². The number of amides is 3. The molecule has 11 heteroatoms. The van der Waals surface area contributed by atoms with E-state index >= 15 is 0 Å². The number of nitro groups is 1. The summed E-state index contributed by atoms with van der Waals surface area (Å²) in [4.78, 5) is 33.4. The smallest absolute Gasteiger partial charge is 0.319 e. The minimum absolute atomic E-state index is 0.0206. The average Bonchev–Trinajstić information content (AvgIpc) is 2.63. The Bertz CT molecular complexity index is 889. The fourth-order valence-electron chi connectivity index (χ4n) is 1.81. The van der Waals surface area contributed by atoms with Gasteiger partial charge in [-0.3, -0.25) is 14.9 Å². The summed E-state index contributed by atoms with van der Waals surface area (Å²) in [5, 5.41) is 18.9. The summed E-state index contributed by atoms with van der Waals surface area (Å²) in [5.41, 5.74) is 2.70. The third-order valence-corrected chi connectivity index (χ3v) is 3.41. The zero-order valence-corrected chi connectivity index (χ0v) is 14.4. The van der Waals surface area contributed by atoms with E-state index in [4.69, 9.17) is 11.6 Å². The predicted molar refractivity (Wildman–Crippen MR) is 97.3 cm³/mol. The fourth-order valence-corrected chi connectivity index (χ4v) is 2.04. The molecule has 2 aromatic rings. The monoisotopic (exact) mass is 393 g/mol. The molecule has 0 aliphatic rings. The number of nitrogens with one attached hydrogen (secondary N) is 3. The number of hydrogen-bond acceptors (Lipinski definition) is 5. The Morgan fingerprint density at radius 3 is 2.56 bits per heavy atom. The van der Waals surface area contributed by atoms with Gasteiger partial charge in [-0.15, -0.1) is 0 Å². The number of hydrogen-bond donors (Lipinski definition) is 3. The van der Waals surface area contributed by atoms with Gasteiger partial charge in [-0.25, -0.2) is 14.6 Å². The maximum atomic E-state index is 12.8. The van der Waals surface area contributed by atoms with Gasteiger partial charge >= 0.3 is 6.03 Å². The zero-order chi connectivity index (χ0) is 19.8. The van der Waals surface area contributed by atoms with E-state index in [1.54, 1.807) is 0 Å². The lowest BCUT2D eigenvalue weighted by Crippen LogP contribution is -2.37. The maximum Gasteiger partial charge on any atom is 0.319 e. The number of anilines is 1. The maximum absolute atomic E-state index is 12.8. The third kappa shape index (κ3) is 6.36. The van der Waals surface area contributed by atoms with Crippen LogP contribution in [0.1, 0.15) is 5.56 Å². The normalized spacial score (nSPS) is 10.4. The molecule has 0 fully saturated rings. The van der Waals surface area contributed by atoms with Gasteiger partial charge in [0, 0.05) is 12.1 Å². The molecule has 0 radical (unpaired) electrons. The van der Waals surface area contributed by atoms with Crippen molar-refractivity contribution in [2.24, 2.45) is 5.10 Å². The highest BCUT2D eigenvalue weighted by Crippen LogP contribution is 2.26. The van der Waals surface area contributed by atoms with Crippen LogP contribution in [0.15, 0.2) is 47.6 Å².